The minimum absolute atomic E-state index is 0.0664. The molecule has 0 aromatic heterocycles. The van der Waals surface area contributed by atoms with Crippen LogP contribution >= 0.6 is 0 Å². The van der Waals surface area contributed by atoms with E-state index in [-0.39, 0.29) is 11.5 Å². The Labute approximate surface area is 84.3 Å². The lowest BCUT2D eigenvalue weighted by Crippen LogP contribution is -2.15. The van der Waals surface area contributed by atoms with Crippen LogP contribution in [0, 0.1) is 0 Å². The molecule has 0 amide bonds. The van der Waals surface area contributed by atoms with Crippen molar-refractivity contribution < 1.29 is 13.5 Å². The summed E-state index contributed by atoms with van der Waals surface area (Å²) in [6, 6.07) is 8.81. The van der Waals surface area contributed by atoms with Gasteiger partial charge in [0.2, 0.25) is 0 Å². The van der Waals surface area contributed by atoms with Gasteiger partial charge in [0.05, 0.1) is 11.9 Å². The number of hydrogen-bond acceptors (Lipinski definition) is 3. The molecule has 1 aromatic rings. The van der Waals surface area contributed by atoms with E-state index in [1.807, 2.05) is 6.07 Å². The lowest BCUT2D eigenvalue weighted by Gasteiger charge is -2.09. The zero-order valence-electron chi connectivity index (χ0n) is 8.05. The summed E-state index contributed by atoms with van der Waals surface area (Å²) in [7, 11) is -3.12. The van der Waals surface area contributed by atoms with Crippen LogP contribution in [0.25, 0.3) is 0 Å². The molecule has 0 heterocycles. The van der Waals surface area contributed by atoms with Gasteiger partial charge in [0.15, 0.2) is 9.84 Å². The van der Waals surface area contributed by atoms with Crippen molar-refractivity contribution in [2.75, 3.05) is 11.5 Å². The molecule has 0 saturated carbocycles. The summed E-state index contributed by atoms with van der Waals surface area (Å²) in [5.41, 5.74) is 0.643. The van der Waals surface area contributed by atoms with Crippen LogP contribution in [0.15, 0.2) is 30.3 Å². The quantitative estimate of drug-likeness (QED) is 0.818. The van der Waals surface area contributed by atoms with E-state index < -0.39 is 15.9 Å². The number of hydrogen-bond donors (Lipinski definition) is 1. The summed E-state index contributed by atoms with van der Waals surface area (Å²) < 4.78 is 22.4. The SMILES string of the molecule is CCS(=O)(=O)C[C@@H](O)c1ccccc1. The highest BCUT2D eigenvalue weighted by Crippen LogP contribution is 2.14. The van der Waals surface area contributed by atoms with Gasteiger partial charge in [-0.2, -0.15) is 0 Å². The first kappa shape index (κ1) is 11.2. The standard InChI is InChI=1S/C10H14O3S/c1-2-14(12,13)8-10(11)9-6-4-3-5-7-9/h3-7,10-11H,2,8H2,1H3/t10-/m1/s1. The lowest BCUT2D eigenvalue weighted by atomic mass is 10.1. The molecule has 4 heteroatoms. The topological polar surface area (TPSA) is 54.4 Å². The Balaban J connectivity index is 2.74. The average molecular weight is 214 g/mol. The largest absolute Gasteiger partial charge is 0.387 e. The number of aliphatic hydroxyl groups excluding tert-OH is 1. The van der Waals surface area contributed by atoms with Crippen molar-refractivity contribution in [1.82, 2.24) is 0 Å². The van der Waals surface area contributed by atoms with Gasteiger partial charge in [0.25, 0.3) is 0 Å². The van der Waals surface area contributed by atoms with Gasteiger partial charge in [-0.25, -0.2) is 8.42 Å². The van der Waals surface area contributed by atoms with E-state index in [0.717, 1.165) is 0 Å². The highest BCUT2D eigenvalue weighted by Gasteiger charge is 2.16. The van der Waals surface area contributed by atoms with Gasteiger partial charge < -0.3 is 5.11 Å². The van der Waals surface area contributed by atoms with Gasteiger partial charge >= 0.3 is 0 Å². The Morgan fingerprint density at radius 1 is 1.29 bits per heavy atom. The van der Waals surface area contributed by atoms with E-state index in [0.29, 0.717) is 5.56 Å². The molecule has 1 N–H and O–H groups in total. The van der Waals surface area contributed by atoms with Gasteiger partial charge in [-0.15, -0.1) is 0 Å². The molecule has 3 nitrogen and oxygen atoms in total. The molecular formula is C10H14O3S. The van der Waals surface area contributed by atoms with E-state index in [1.54, 1.807) is 31.2 Å². The van der Waals surface area contributed by atoms with Crippen LogP contribution in [0.1, 0.15) is 18.6 Å². The molecule has 1 rings (SSSR count). The first-order chi connectivity index (χ1) is 6.55. The van der Waals surface area contributed by atoms with E-state index >= 15 is 0 Å². The molecule has 0 bridgehead atoms. The van der Waals surface area contributed by atoms with Crippen molar-refractivity contribution in [3.05, 3.63) is 35.9 Å². The van der Waals surface area contributed by atoms with Crippen molar-refractivity contribution in [2.24, 2.45) is 0 Å². The predicted octanol–water partition coefficient (Wildman–Crippen LogP) is 1.15. The van der Waals surface area contributed by atoms with Crippen molar-refractivity contribution >= 4 is 9.84 Å². The van der Waals surface area contributed by atoms with Crippen LogP contribution in [0.5, 0.6) is 0 Å². The Morgan fingerprint density at radius 2 is 1.86 bits per heavy atom. The van der Waals surface area contributed by atoms with E-state index in [9.17, 15) is 13.5 Å². The number of sulfone groups is 1. The molecule has 0 aliphatic heterocycles. The molecule has 1 aromatic carbocycles. The molecule has 0 aliphatic carbocycles. The first-order valence-corrected chi connectivity index (χ1v) is 6.30. The fraction of sp³-hybridized carbons (Fsp3) is 0.400. The van der Waals surface area contributed by atoms with Gasteiger partial charge in [0, 0.05) is 5.75 Å². The summed E-state index contributed by atoms with van der Waals surface area (Å²) in [6.07, 6.45) is -0.916. The molecule has 0 radical (unpaired) electrons. The molecule has 0 aliphatic rings. The lowest BCUT2D eigenvalue weighted by molar-refractivity contribution is 0.201. The normalized spacial score (nSPS) is 13.9. The highest BCUT2D eigenvalue weighted by atomic mass is 32.2. The second-order valence-electron chi connectivity index (χ2n) is 3.13. The Bertz CT molecular complexity index is 370. The van der Waals surface area contributed by atoms with Crippen molar-refractivity contribution in [1.29, 1.82) is 0 Å². The summed E-state index contributed by atoms with van der Waals surface area (Å²) in [5.74, 6) is -0.135. The van der Waals surface area contributed by atoms with Gasteiger partial charge in [-0.3, -0.25) is 0 Å². The zero-order chi connectivity index (χ0) is 10.6. The minimum atomic E-state index is -3.12. The molecule has 14 heavy (non-hydrogen) atoms. The van der Waals surface area contributed by atoms with Gasteiger partial charge in [-0.1, -0.05) is 37.3 Å². The van der Waals surface area contributed by atoms with E-state index in [4.69, 9.17) is 0 Å². The maximum Gasteiger partial charge on any atom is 0.152 e. The Morgan fingerprint density at radius 3 is 2.36 bits per heavy atom. The molecule has 0 spiro atoms. The zero-order valence-corrected chi connectivity index (χ0v) is 8.87. The molecule has 1 atom stereocenters. The summed E-state index contributed by atoms with van der Waals surface area (Å²) in [5, 5.41) is 9.61. The molecule has 0 saturated heterocycles. The smallest absolute Gasteiger partial charge is 0.152 e. The van der Waals surface area contributed by atoms with E-state index in [1.165, 1.54) is 0 Å². The van der Waals surface area contributed by atoms with Gasteiger partial charge in [0.1, 0.15) is 0 Å². The fourth-order valence-electron chi connectivity index (χ4n) is 1.13. The number of aliphatic hydroxyl groups is 1. The van der Waals surface area contributed by atoms with E-state index in [2.05, 4.69) is 0 Å². The van der Waals surface area contributed by atoms with Crippen LogP contribution in [0.3, 0.4) is 0 Å². The molecule has 0 unspecified atom stereocenters. The summed E-state index contributed by atoms with van der Waals surface area (Å²) in [6.45, 7) is 1.58. The third-order valence-corrected chi connectivity index (χ3v) is 3.74. The third-order valence-electron chi connectivity index (χ3n) is 2.04. The maximum absolute atomic E-state index is 11.2. The van der Waals surface area contributed by atoms with Crippen LogP contribution in [-0.2, 0) is 9.84 Å². The Kier molecular flexibility index (Phi) is 3.66. The maximum atomic E-state index is 11.2. The minimum Gasteiger partial charge on any atom is -0.387 e. The second kappa shape index (κ2) is 4.57. The van der Waals surface area contributed by atoms with Crippen LogP contribution < -0.4 is 0 Å². The van der Waals surface area contributed by atoms with Gasteiger partial charge in [-0.05, 0) is 5.56 Å². The summed E-state index contributed by atoms with van der Waals surface area (Å²) in [4.78, 5) is 0. The molecular weight excluding hydrogens is 200 g/mol. The van der Waals surface area contributed by atoms with Crippen LogP contribution in [0.2, 0.25) is 0 Å². The number of rotatable bonds is 4. The number of benzene rings is 1. The molecule has 78 valence electrons. The monoisotopic (exact) mass is 214 g/mol. The third kappa shape index (κ3) is 3.12. The fourth-order valence-corrected chi connectivity index (χ4v) is 2.04. The summed E-state index contributed by atoms with van der Waals surface area (Å²) >= 11 is 0. The highest BCUT2D eigenvalue weighted by molar-refractivity contribution is 7.91. The van der Waals surface area contributed by atoms with Crippen molar-refractivity contribution in [3.63, 3.8) is 0 Å². The molecule has 0 fully saturated rings. The first-order valence-electron chi connectivity index (χ1n) is 4.48. The Hall–Kier alpha value is -0.870. The second-order valence-corrected chi connectivity index (χ2v) is 5.52. The van der Waals surface area contributed by atoms with Crippen LogP contribution in [-0.4, -0.2) is 25.0 Å². The van der Waals surface area contributed by atoms with Crippen molar-refractivity contribution in [2.45, 2.75) is 13.0 Å². The average Bonchev–Trinajstić information content (AvgIpc) is 2.19. The van der Waals surface area contributed by atoms with Crippen molar-refractivity contribution in [3.8, 4) is 0 Å². The van der Waals surface area contributed by atoms with Crippen LogP contribution in [0.4, 0.5) is 0 Å². The predicted molar refractivity (Wildman–Crippen MR) is 55.7 cm³/mol.